The summed E-state index contributed by atoms with van der Waals surface area (Å²) in [6.07, 6.45) is -1.14. The first-order chi connectivity index (χ1) is 10.0. The van der Waals surface area contributed by atoms with Crippen LogP contribution in [0.2, 0.25) is 0 Å². The molecule has 4 atom stereocenters. The molecular formula is C12H17N5O4. The summed E-state index contributed by atoms with van der Waals surface area (Å²) in [5.41, 5.74) is 1.06. The highest BCUT2D eigenvalue weighted by Gasteiger charge is 2.44. The van der Waals surface area contributed by atoms with Crippen molar-refractivity contribution in [1.29, 1.82) is 0 Å². The molecule has 3 rings (SSSR count). The second-order valence-corrected chi connectivity index (χ2v) is 5.14. The Bertz CT molecular complexity index is 646. The Morgan fingerprint density at radius 1 is 1.24 bits per heavy atom. The van der Waals surface area contributed by atoms with E-state index in [-0.39, 0.29) is 6.61 Å². The number of rotatable bonds is 3. The zero-order chi connectivity index (χ0) is 15.1. The van der Waals surface area contributed by atoms with Gasteiger partial charge < -0.3 is 25.0 Å². The van der Waals surface area contributed by atoms with Crippen molar-refractivity contribution in [2.45, 2.75) is 24.5 Å². The van der Waals surface area contributed by atoms with Crippen molar-refractivity contribution in [3.63, 3.8) is 0 Å². The maximum Gasteiger partial charge on any atom is 0.167 e. The van der Waals surface area contributed by atoms with E-state index in [0.29, 0.717) is 17.0 Å². The van der Waals surface area contributed by atoms with Crippen molar-refractivity contribution in [2.24, 2.45) is 0 Å². The Morgan fingerprint density at radius 3 is 2.62 bits per heavy atom. The summed E-state index contributed by atoms with van der Waals surface area (Å²) in [4.78, 5) is 14.4. The number of aromatic nitrogens is 4. The van der Waals surface area contributed by atoms with Crippen molar-refractivity contribution >= 4 is 17.0 Å². The average molecular weight is 295 g/mol. The van der Waals surface area contributed by atoms with E-state index >= 15 is 0 Å². The summed E-state index contributed by atoms with van der Waals surface area (Å²) in [5.74, 6) is 0.644. The molecule has 9 heteroatoms. The van der Waals surface area contributed by atoms with E-state index < -0.39 is 24.5 Å². The van der Waals surface area contributed by atoms with Gasteiger partial charge in [-0.1, -0.05) is 0 Å². The van der Waals surface area contributed by atoms with Gasteiger partial charge in [0, 0.05) is 14.1 Å². The summed E-state index contributed by atoms with van der Waals surface area (Å²) < 4.78 is 7.02. The number of aliphatic hydroxyl groups excluding tert-OH is 3. The molecule has 1 saturated heterocycles. The van der Waals surface area contributed by atoms with Crippen LogP contribution in [0.15, 0.2) is 12.7 Å². The number of imidazole rings is 1. The number of aliphatic hydroxyl groups is 3. The van der Waals surface area contributed by atoms with Gasteiger partial charge in [0.05, 0.1) is 12.9 Å². The lowest BCUT2D eigenvalue weighted by Crippen LogP contribution is -2.33. The van der Waals surface area contributed by atoms with Crippen molar-refractivity contribution in [2.75, 3.05) is 25.6 Å². The molecule has 2 aromatic rings. The van der Waals surface area contributed by atoms with Gasteiger partial charge in [0.2, 0.25) is 0 Å². The lowest BCUT2D eigenvalue weighted by Gasteiger charge is -2.17. The van der Waals surface area contributed by atoms with Gasteiger partial charge in [-0.3, -0.25) is 4.57 Å². The van der Waals surface area contributed by atoms with Crippen LogP contribution in [0, 0.1) is 0 Å². The van der Waals surface area contributed by atoms with E-state index in [0.717, 1.165) is 0 Å². The highest BCUT2D eigenvalue weighted by atomic mass is 16.6. The van der Waals surface area contributed by atoms with Crippen LogP contribution in [0.1, 0.15) is 6.23 Å². The number of fused-ring (bicyclic) bond motifs is 1. The first kappa shape index (κ1) is 14.1. The van der Waals surface area contributed by atoms with E-state index in [9.17, 15) is 10.2 Å². The van der Waals surface area contributed by atoms with E-state index in [1.807, 2.05) is 14.1 Å². The minimum absolute atomic E-state index is 0.376. The maximum atomic E-state index is 10.1. The molecule has 1 fully saturated rings. The zero-order valence-corrected chi connectivity index (χ0v) is 11.7. The van der Waals surface area contributed by atoms with Gasteiger partial charge in [0.25, 0.3) is 0 Å². The smallest absolute Gasteiger partial charge is 0.167 e. The summed E-state index contributed by atoms with van der Waals surface area (Å²) in [6.45, 7) is -0.376. The second-order valence-electron chi connectivity index (χ2n) is 5.14. The average Bonchev–Trinajstić information content (AvgIpc) is 3.01. The third-order valence-corrected chi connectivity index (χ3v) is 3.55. The molecule has 1 aliphatic heterocycles. The molecule has 0 spiro atoms. The van der Waals surface area contributed by atoms with Gasteiger partial charge >= 0.3 is 0 Å². The molecular weight excluding hydrogens is 278 g/mol. The number of anilines is 1. The van der Waals surface area contributed by atoms with E-state index in [1.54, 1.807) is 4.90 Å². The molecule has 0 saturated carbocycles. The van der Waals surface area contributed by atoms with Crippen molar-refractivity contribution in [3.8, 4) is 0 Å². The minimum Gasteiger partial charge on any atom is -0.394 e. The molecule has 114 valence electrons. The standard InChI is InChI=1S/C12H17N5O4/c1-16(2)10-7-11(14-4-13-10)17(5-15-7)12-9(20)8(19)6(3-18)21-12/h4-6,8-9,12,18-20H,3H2,1-2H3/t6-,8+,9+,12+/m0/s1. The monoisotopic (exact) mass is 295 g/mol. The summed E-state index contributed by atoms with van der Waals surface area (Å²) in [5, 5.41) is 29.1. The Balaban J connectivity index is 2.04. The first-order valence-electron chi connectivity index (χ1n) is 6.52. The van der Waals surface area contributed by atoms with Gasteiger partial charge in [-0.2, -0.15) is 0 Å². The van der Waals surface area contributed by atoms with E-state index in [2.05, 4.69) is 15.0 Å². The van der Waals surface area contributed by atoms with Crippen molar-refractivity contribution in [3.05, 3.63) is 12.7 Å². The largest absolute Gasteiger partial charge is 0.394 e. The molecule has 21 heavy (non-hydrogen) atoms. The van der Waals surface area contributed by atoms with Crippen LogP contribution in [-0.4, -0.2) is 73.9 Å². The van der Waals surface area contributed by atoms with Crippen LogP contribution in [0.4, 0.5) is 5.82 Å². The van der Waals surface area contributed by atoms with Gasteiger partial charge in [0.15, 0.2) is 23.2 Å². The van der Waals surface area contributed by atoms with Gasteiger partial charge in [0.1, 0.15) is 24.6 Å². The summed E-state index contributed by atoms with van der Waals surface area (Å²) >= 11 is 0. The lowest BCUT2D eigenvalue weighted by molar-refractivity contribution is -0.0511. The summed E-state index contributed by atoms with van der Waals surface area (Å²) in [7, 11) is 3.68. The maximum absolute atomic E-state index is 10.1. The fourth-order valence-electron chi connectivity index (χ4n) is 2.46. The summed E-state index contributed by atoms with van der Waals surface area (Å²) in [6, 6.07) is 0. The topological polar surface area (TPSA) is 117 Å². The highest BCUT2D eigenvalue weighted by molar-refractivity contribution is 5.83. The van der Waals surface area contributed by atoms with Crippen LogP contribution in [0.25, 0.3) is 11.2 Å². The molecule has 0 aromatic carbocycles. The van der Waals surface area contributed by atoms with Crippen molar-refractivity contribution < 1.29 is 20.1 Å². The normalized spacial score (nSPS) is 29.2. The molecule has 1 aliphatic rings. The molecule has 0 bridgehead atoms. The number of ether oxygens (including phenoxy) is 1. The molecule has 0 amide bonds. The first-order valence-corrected chi connectivity index (χ1v) is 6.52. The number of hydrogen-bond acceptors (Lipinski definition) is 8. The molecule has 3 N–H and O–H groups in total. The van der Waals surface area contributed by atoms with Gasteiger partial charge in [-0.05, 0) is 0 Å². The Kier molecular flexibility index (Phi) is 3.49. The highest BCUT2D eigenvalue weighted by Crippen LogP contribution is 2.32. The fourth-order valence-corrected chi connectivity index (χ4v) is 2.46. The van der Waals surface area contributed by atoms with Crippen LogP contribution in [-0.2, 0) is 4.74 Å². The van der Waals surface area contributed by atoms with Crippen LogP contribution < -0.4 is 4.90 Å². The lowest BCUT2D eigenvalue weighted by atomic mass is 10.1. The third kappa shape index (κ3) is 2.14. The van der Waals surface area contributed by atoms with Crippen molar-refractivity contribution in [1.82, 2.24) is 19.5 Å². The molecule has 2 aromatic heterocycles. The van der Waals surface area contributed by atoms with Gasteiger partial charge in [-0.25, -0.2) is 15.0 Å². The zero-order valence-electron chi connectivity index (χ0n) is 11.7. The Labute approximate surface area is 120 Å². The van der Waals surface area contributed by atoms with Crippen LogP contribution in [0.5, 0.6) is 0 Å². The SMILES string of the molecule is CN(C)c1ncnc2c1ncn2[C@@H]1O[C@@H](CO)[C@@H](O)[C@H]1O. The quantitative estimate of drug-likeness (QED) is 0.626. The van der Waals surface area contributed by atoms with E-state index in [1.165, 1.54) is 17.2 Å². The Morgan fingerprint density at radius 2 is 2.00 bits per heavy atom. The molecule has 0 radical (unpaired) electrons. The molecule has 9 nitrogen and oxygen atoms in total. The minimum atomic E-state index is -1.17. The molecule has 0 unspecified atom stereocenters. The number of hydrogen-bond donors (Lipinski definition) is 3. The molecule has 3 heterocycles. The van der Waals surface area contributed by atoms with E-state index in [4.69, 9.17) is 9.84 Å². The fraction of sp³-hybridized carbons (Fsp3) is 0.583. The predicted octanol–water partition coefficient (Wildman–Crippen LogP) is -1.50. The van der Waals surface area contributed by atoms with Crippen LogP contribution >= 0.6 is 0 Å². The third-order valence-electron chi connectivity index (χ3n) is 3.55. The molecule has 0 aliphatic carbocycles. The number of nitrogens with zero attached hydrogens (tertiary/aromatic N) is 5. The van der Waals surface area contributed by atoms with Crippen LogP contribution in [0.3, 0.4) is 0 Å². The Hall–Kier alpha value is -1.81. The van der Waals surface area contributed by atoms with Gasteiger partial charge in [-0.15, -0.1) is 0 Å². The predicted molar refractivity (Wildman–Crippen MR) is 72.7 cm³/mol. The second kappa shape index (κ2) is 5.19.